The Bertz CT molecular complexity index is 978. The lowest BCUT2D eigenvalue weighted by atomic mass is 9.92. The van der Waals surface area contributed by atoms with Crippen LogP contribution in [0.4, 0.5) is 4.79 Å². The third-order valence-corrected chi connectivity index (χ3v) is 4.73. The Morgan fingerprint density at radius 3 is 2.50 bits per heavy atom. The molecule has 5 amide bonds. The molecular formula is C21H22N4O5. The van der Waals surface area contributed by atoms with Gasteiger partial charge in [-0.3, -0.25) is 19.8 Å². The zero-order valence-corrected chi connectivity index (χ0v) is 16.6. The number of amides is 5. The molecule has 0 unspecified atom stereocenters. The van der Waals surface area contributed by atoms with Gasteiger partial charge in [-0.1, -0.05) is 42.5 Å². The van der Waals surface area contributed by atoms with Crippen molar-refractivity contribution in [1.82, 2.24) is 21.1 Å². The highest BCUT2D eigenvalue weighted by Gasteiger charge is 2.50. The number of hydrazine groups is 1. The molecule has 2 aromatic carbocycles. The molecule has 2 aromatic rings. The maximum Gasteiger partial charge on any atom is 0.344 e. The Balaban J connectivity index is 1.59. The average molecular weight is 410 g/mol. The standard InChI is InChI=1S/C21H22N4O5/c1-21(15-9-6-10-16(12-15)30-2)19(28)25(20(29)23-21)24-18(27)13-22-17(26)11-14-7-4-3-5-8-14/h3-10,12H,11,13H2,1-2H3,(H,22,26)(H,23,29)(H,24,27)/t21-/m0/s1. The number of imide groups is 1. The quantitative estimate of drug-likeness (QED) is 0.585. The number of ether oxygens (including phenoxy) is 1. The summed E-state index contributed by atoms with van der Waals surface area (Å²) in [6.45, 7) is 1.16. The van der Waals surface area contributed by atoms with Gasteiger partial charge in [0.05, 0.1) is 20.1 Å². The number of carbonyl (C=O) groups excluding carboxylic acids is 4. The minimum atomic E-state index is -1.37. The highest BCUT2D eigenvalue weighted by molar-refractivity contribution is 6.08. The van der Waals surface area contributed by atoms with E-state index in [0.29, 0.717) is 16.3 Å². The molecule has 1 aliphatic rings. The Kier molecular flexibility index (Phi) is 6.01. The third-order valence-electron chi connectivity index (χ3n) is 4.73. The van der Waals surface area contributed by atoms with Crippen LogP contribution in [0, 0.1) is 0 Å². The smallest absolute Gasteiger partial charge is 0.344 e. The van der Waals surface area contributed by atoms with Crippen molar-refractivity contribution in [3.63, 3.8) is 0 Å². The zero-order chi connectivity index (χ0) is 21.7. The van der Waals surface area contributed by atoms with Crippen LogP contribution in [0.15, 0.2) is 54.6 Å². The fourth-order valence-electron chi connectivity index (χ4n) is 3.06. The van der Waals surface area contributed by atoms with E-state index in [1.54, 1.807) is 36.4 Å². The van der Waals surface area contributed by atoms with Crippen LogP contribution in [0.3, 0.4) is 0 Å². The maximum atomic E-state index is 12.9. The molecule has 0 spiro atoms. The van der Waals surface area contributed by atoms with Gasteiger partial charge >= 0.3 is 6.03 Å². The number of rotatable bonds is 7. The Morgan fingerprint density at radius 2 is 1.80 bits per heavy atom. The third kappa shape index (κ3) is 4.40. The molecule has 0 aromatic heterocycles. The molecule has 30 heavy (non-hydrogen) atoms. The zero-order valence-electron chi connectivity index (χ0n) is 16.6. The fraction of sp³-hybridized carbons (Fsp3) is 0.238. The number of urea groups is 1. The van der Waals surface area contributed by atoms with E-state index < -0.39 is 23.4 Å². The predicted octanol–water partition coefficient (Wildman–Crippen LogP) is 0.852. The van der Waals surface area contributed by atoms with Crippen LogP contribution in [-0.2, 0) is 26.3 Å². The molecule has 9 nitrogen and oxygen atoms in total. The minimum absolute atomic E-state index is 0.116. The second-order valence-electron chi connectivity index (χ2n) is 6.90. The second-order valence-corrected chi connectivity index (χ2v) is 6.90. The van der Waals surface area contributed by atoms with Gasteiger partial charge in [-0.25, -0.2) is 4.79 Å². The van der Waals surface area contributed by atoms with E-state index in [1.165, 1.54) is 14.0 Å². The highest BCUT2D eigenvalue weighted by Crippen LogP contribution is 2.30. The number of nitrogens with zero attached hydrogens (tertiary/aromatic N) is 1. The fourth-order valence-corrected chi connectivity index (χ4v) is 3.06. The molecule has 3 rings (SSSR count). The van der Waals surface area contributed by atoms with E-state index in [9.17, 15) is 19.2 Å². The highest BCUT2D eigenvalue weighted by atomic mass is 16.5. The number of nitrogens with one attached hydrogen (secondary N) is 3. The first-order chi connectivity index (χ1) is 14.3. The minimum Gasteiger partial charge on any atom is -0.497 e. The summed E-state index contributed by atoms with van der Waals surface area (Å²) in [6.07, 6.45) is 0.116. The number of hydrogen-bond acceptors (Lipinski definition) is 5. The average Bonchev–Trinajstić information content (AvgIpc) is 2.97. The molecule has 0 aliphatic carbocycles. The summed E-state index contributed by atoms with van der Waals surface area (Å²) in [4.78, 5) is 49.3. The van der Waals surface area contributed by atoms with Gasteiger partial charge < -0.3 is 15.4 Å². The summed E-state index contributed by atoms with van der Waals surface area (Å²) in [5, 5.41) is 5.66. The van der Waals surface area contributed by atoms with E-state index in [2.05, 4.69) is 16.1 Å². The topological polar surface area (TPSA) is 117 Å². The van der Waals surface area contributed by atoms with Crippen LogP contribution >= 0.6 is 0 Å². The van der Waals surface area contributed by atoms with Gasteiger partial charge in [-0.05, 0) is 30.2 Å². The summed E-state index contributed by atoms with van der Waals surface area (Å²) >= 11 is 0. The van der Waals surface area contributed by atoms with Crippen molar-refractivity contribution in [3.05, 3.63) is 65.7 Å². The summed E-state index contributed by atoms with van der Waals surface area (Å²) in [5.74, 6) is -1.17. The van der Waals surface area contributed by atoms with Crippen molar-refractivity contribution in [2.45, 2.75) is 18.9 Å². The SMILES string of the molecule is COc1cccc([C@]2(C)NC(=O)N(NC(=O)CNC(=O)Cc3ccccc3)C2=O)c1. The summed E-state index contributed by atoms with van der Waals surface area (Å²) < 4.78 is 5.16. The first-order valence-electron chi connectivity index (χ1n) is 9.25. The molecule has 0 saturated carbocycles. The van der Waals surface area contributed by atoms with Crippen LogP contribution in [0.1, 0.15) is 18.1 Å². The van der Waals surface area contributed by atoms with Gasteiger partial charge in [0, 0.05) is 0 Å². The van der Waals surface area contributed by atoms with Gasteiger partial charge in [-0.15, -0.1) is 0 Å². The van der Waals surface area contributed by atoms with Crippen molar-refractivity contribution in [1.29, 1.82) is 0 Å². The molecule has 156 valence electrons. The van der Waals surface area contributed by atoms with Gasteiger partial charge in [0.15, 0.2) is 0 Å². The lowest BCUT2D eigenvalue weighted by Gasteiger charge is -2.22. The van der Waals surface area contributed by atoms with Crippen LogP contribution in [-0.4, -0.2) is 42.4 Å². The van der Waals surface area contributed by atoms with Crippen molar-refractivity contribution in [3.8, 4) is 5.75 Å². The van der Waals surface area contributed by atoms with Crippen LogP contribution in [0.2, 0.25) is 0 Å². The van der Waals surface area contributed by atoms with E-state index in [4.69, 9.17) is 4.74 Å². The Morgan fingerprint density at radius 1 is 1.07 bits per heavy atom. The second kappa shape index (κ2) is 8.64. The van der Waals surface area contributed by atoms with Crippen LogP contribution < -0.4 is 20.8 Å². The van der Waals surface area contributed by atoms with E-state index in [-0.39, 0.29) is 18.9 Å². The Hall–Kier alpha value is -3.88. The number of hydrogen-bond donors (Lipinski definition) is 3. The van der Waals surface area contributed by atoms with E-state index >= 15 is 0 Å². The molecule has 1 atom stereocenters. The number of benzene rings is 2. The molecule has 1 heterocycles. The predicted molar refractivity (Wildman–Crippen MR) is 107 cm³/mol. The molecular weight excluding hydrogens is 388 g/mol. The summed E-state index contributed by atoms with van der Waals surface area (Å²) in [6, 6.07) is 15.0. The lowest BCUT2D eigenvalue weighted by Crippen LogP contribution is -2.50. The molecule has 3 N–H and O–H groups in total. The molecule has 1 saturated heterocycles. The summed E-state index contributed by atoms with van der Waals surface area (Å²) in [7, 11) is 1.50. The molecule has 0 bridgehead atoms. The van der Waals surface area contributed by atoms with Gasteiger partial charge in [0.2, 0.25) is 5.91 Å². The Labute approximate surface area is 173 Å². The lowest BCUT2D eigenvalue weighted by molar-refractivity contribution is -0.138. The molecule has 1 fully saturated rings. The van der Waals surface area contributed by atoms with Crippen molar-refractivity contribution < 1.29 is 23.9 Å². The van der Waals surface area contributed by atoms with Crippen molar-refractivity contribution in [2.24, 2.45) is 0 Å². The molecule has 0 radical (unpaired) electrons. The monoisotopic (exact) mass is 410 g/mol. The van der Waals surface area contributed by atoms with Gasteiger partial charge in [-0.2, -0.15) is 5.01 Å². The number of carbonyl (C=O) groups is 4. The number of methoxy groups -OCH3 is 1. The van der Waals surface area contributed by atoms with E-state index in [0.717, 1.165) is 5.56 Å². The maximum absolute atomic E-state index is 12.9. The van der Waals surface area contributed by atoms with Gasteiger partial charge in [0.25, 0.3) is 11.8 Å². The molecule has 1 aliphatic heterocycles. The van der Waals surface area contributed by atoms with Crippen LogP contribution in [0.5, 0.6) is 5.75 Å². The summed E-state index contributed by atoms with van der Waals surface area (Å²) in [5.41, 5.74) is 2.18. The van der Waals surface area contributed by atoms with Gasteiger partial charge in [0.1, 0.15) is 11.3 Å². The first-order valence-corrected chi connectivity index (χ1v) is 9.25. The normalized spacial score (nSPS) is 18.0. The molecule has 9 heteroatoms. The van der Waals surface area contributed by atoms with Crippen LogP contribution in [0.25, 0.3) is 0 Å². The first kappa shape index (κ1) is 20.8. The van der Waals surface area contributed by atoms with Crippen molar-refractivity contribution >= 4 is 23.8 Å². The van der Waals surface area contributed by atoms with Crippen molar-refractivity contribution in [2.75, 3.05) is 13.7 Å². The largest absolute Gasteiger partial charge is 0.497 e. The van der Waals surface area contributed by atoms with E-state index in [1.807, 2.05) is 18.2 Å².